The van der Waals surface area contributed by atoms with E-state index < -0.39 is 18.6 Å². The van der Waals surface area contributed by atoms with Crippen LogP contribution in [0.25, 0.3) is 5.69 Å². The highest BCUT2D eigenvalue weighted by Crippen LogP contribution is 2.17. The van der Waals surface area contributed by atoms with E-state index in [-0.39, 0.29) is 17.2 Å². The van der Waals surface area contributed by atoms with Crippen LogP contribution in [0.2, 0.25) is 0 Å². The van der Waals surface area contributed by atoms with Gasteiger partial charge in [0.15, 0.2) is 5.69 Å². The van der Waals surface area contributed by atoms with Gasteiger partial charge in [-0.3, -0.25) is 9.59 Å². The van der Waals surface area contributed by atoms with Crippen molar-refractivity contribution in [2.75, 3.05) is 38.8 Å². The van der Waals surface area contributed by atoms with Crippen molar-refractivity contribution in [1.82, 2.24) is 25.6 Å². The fourth-order valence-corrected chi connectivity index (χ4v) is 2.89. The summed E-state index contributed by atoms with van der Waals surface area (Å²) in [5.74, 6) is -0.486. The third-order valence-electron chi connectivity index (χ3n) is 3.94. The average Bonchev–Trinajstić information content (AvgIpc) is 3.14. The topological polar surface area (TPSA) is 98.1 Å². The predicted molar refractivity (Wildman–Crippen MR) is 106 cm³/mol. The third kappa shape index (κ3) is 6.73. The summed E-state index contributed by atoms with van der Waals surface area (Å²) in [5, 5.41) is 12.5. The van der Waals surface area contributed by atoms with E-state index in [4.69, 9.17) is 4.74 Å². The standard InChI is InChI=1S/C18H22F3N5O3S/c1-29-9-8-22-17(28)15-14(7-10-30-2)26(25-24-15)13-5-3-12(4-6-13)16(27)23-11-18(19,20)21/h3-6H,7-11H2,1-2H3,(H,22,28)(H,23,27). The second kappa shape index (κ2) is 11.0. The lowest BCUT2D eigenvalue weighted by molar-refractivity contribution is -0.123. The molecule has 164 valence electrons. The van der Waals surface area contributed by atoms with Gasteiger partial charge in [0.05, 0.1) is 18.0 Å². The first-order chi connectivity index (χ1) is 14.3. The molecule has 12 heteroatoms. The van der Waals surface area contributed by atoms with Crippen molar-refractivity contribution in [1.29, 1.82) is 0 Å². The fraction of sp³-hybridized carbons (Fsp3) is 0.444. The van der Waals surface area contributed by atoms with E-state index in [9.17, 15) is 22.8 Å². The van der Waals surface area contributed by atoms with Gasteiger partial charge < -0.3 is 15.4 Å². The molecule has 0 aliphatic carbocycles. The summed E-state index contributed by atoms with van der Waals surface area (Å²) in [6.45, 7) is -0.721. The molecule has 0 saturated carbocycles. The Morgan fingerprint density at radius 3 is 2.47 bits per heavy atom. The molecule has 0 aliphatic rings. The van der Waals surface area contributed by atoms with Gasteiger partial charge in [-0.15, -0.1) is 5.10 Å². The number of methoxy groups -OCH3 is 1. The zero-order valence-electron chi connectivity index (χ0n) is 16.5. The summed E-state index contributed by atoms with van der Waals surface area (Å²) < 4.78 is 43.2. The number of carbonyl (C=O) groups is 2. The Morgan fingerprint density at radius 1 is 1.17 bits per heavy atom. The molecule has 1 aromatic carbocycles. The fourth-order valence-electron chi connectivity index (χ4n) is 2.50. The van der Waals surface area contributed by atoms with Crippen molar-refractivity contribution < 1.29 is 27.5 Å². The number of ether oxygens (including phenoxy) is 1. The summed E-state index contributed by atoms with van der Waals surface area (Å²) in [5.41, 5.74) is 1.38. The van der Waals surface area contributed by atoms with E-state index in [1.807, 2.05) is 11.6 Å². The molecule has 1 aromatic heterocycles. The SMILES string of the molecule is COCCNC(=O)c1nnn(-c2ccc(C(=O)NCC(F)(F)F)cc2)c1CCSC. The zero-order chi connectivity index (χ0) is 22.1. The molecule has 2 rings (SSSR count). The molecule has 0 fully saturated rings. The van der Waals surface area contributed by atoms with Crippen molar-refractivity contribution in [3.63, 3.8) is 0 Å². The molecule has 2 aromatic rings. The Hall–Kier alpha value is -2.60. The molecule has 2 N–H and O–H groups in total. The highest BCUT2D eigenvalue weighted by Gasteiger charge is 2.28. The number of nitrogens with zero attached hydrogens (tertiary/aromatic N) is 3. The van der Waals surface area contributed by atoms with Crippen LogP contribution in [0.1, 0.15) is 26.5 Å². The van der Waals surface area contributed by atoms with Gasteiger partial charge in [-0.2, -0.15) is 24.9 Å². The number of hydrogen-bond donors (Lipinski definition) is 2. The van der Waals surface area contributed by atoms with Crippen LogP contribution in [0.5, 0.6) is 0 Å². The van der Waals surface area contributed by atoms with Gasteiger partial charge in [0.1, 0.15) is 6.54 Å². The Balaban J connectivity index is 2.21. The minimum absolute atomic E-state index is 0.0753. The maximum atomic E-state index is 12.4. The van der Waals surface area contributed by atoms with Crippen LogP contribution in [0.4, 0.5) is 13.2 Å². The first kappa shape index (κ1) is 23.7. The van der Waals surface area contributed by atoms with Gasteiger partial charge in [0.2, 0.25) is 0 Å². The maximum Gasteiger partial charge on any atom is 0.405 e. The van der Waals surface area contributed by atoms with Gasteiger partial charge in [0, 0.05) is 25.6 Å². The molecule has 0 spiro atoms. The van der Waals surface area contributed by atoms with Gasteiger partial charge >= 0.3 is 6.18 Å². The maximum absolute atomic E-state index is 12.4. The Morgan fingerprint density at radius 2 is 1.87 bits per heavy atom. The molecular weight excluding hydrogens is 423 g/mol. The molecule has 0 radical (unpaired) electrons. The lowest BCUT2D eigenvalue weighted by atomic mass is 10.1. The molecule has 2 amide bonds. The number of halogens is 3. The van der Waals surface area contributed by atoms with Crippen LogP contribution < -0.4 is 10.6 Å². The summed E-state index contributed by atoms with van der Waals surface area (Å²) in [4.78, 5) is 24.3. The van der Waals surface area contributed by atoms with Crippen molar-refractivity contribution in [2.45, 2.75) is 12.6 Å². The highest BCUT2D eigenvalue weighted by molar-refractivity contribution is 7.98. The molecule has 0 atom stereocenters. The molecule has 8 nitrogen and oxygen atoms in total. The monoisotopic (exact) mass is 445 g/mol. The van der Waals surface area contributed by atoms with E-state index in [2.05, 4.69) is 15.6 Å². The van der Waals surface area contributed by atoms with Crippen LogP contribution in [-0.4, -0.2) is 71.8 Å². The Kier molecular flexibility index (Phi) is 8.66. The van der Waals surface area contributed by atoms with E-state index >= 15 is 0 Å². The highest BCUT2D eigenvalue weighted by atomic mass is 32.2. The lowest BCUT2D eigenvalue weighted by Crippen LogP contribution is -2.33. The van der Waals surface area contributed by atoms with Gasteiger partial charge in [-0.25, -0.2) is 4.68 Å². The number of thioether (sulfide) groups is 1. The first-order valence-electron chi connectivity index (χ1n) is 8.93. The van der Waals surface area contributed by atoms with Gasteiger partial charge in [-0.1, -0.05) is 5.21 Å². The third-order valence-corrected chi connectivity index (χ3v) is 4.55. The summed E-state index contributed by atoms with van der Waals surface area (Å²) >= 11 is 1.59. The largest absolute Gasteiger partial charge is 0.405 e. The molecular formula is C18H22F3N5O3S. The van der Waals surface area contributed by atoms with Gasteiger partial charge in [0.25, 0.3) is 11.8 Å². The van der Waals surface area contributed by atoms with E-state index in [0.29, 0.717) is 31.0 Å². The number of aromatic nitrogens is 3. The normalized spacial score (nSPS) is 11.4. The number of amides is 2. The first-order valence-corrected chi connectivity index (χ1v) is 10.3. The Labute approximate surface area is 175 Å². The van der Waals surface area contributed by atoms with Crippen LogP contribution in [0.3, 0.4) is 0 Å². The van der Waals surface area contributed by atoms with Crippen LogP contribution in [0.15, 0.2) is 24.3 Å². The molecule has 0 bridgehead atoms. The second-order valence-corrected chi connectivity index (χ2v) is 7.12. The van der Waals surface area contributed by atoms with Crippen LogP contribution in [0, 0.1) is 0 Å². The quantitative estimate of drug-likeness (QED) is 0.542. The summed E-state index contributed by atoms with van der Waals surface area (Å²) in [6, 6.07) is 5.84. The number of alkyl halides is 3. The zero-order valence-corrected chi connectivity index (χ0v) is 17.3. The smallest absolute Gasteiger partial charge is 0.383 e. The number of benzene rings is 1. The minimum atomic E-state index is -4.48. The number of nitrogens with one attached hydrogen (secondary N) is 2. The number of hydrogen-bond acceptors (Lipinski definition) is 6. The predicted octanol–water partition coefficient (Wildman–Crippen LogP) is 1.84. The van der Waals surface area contributed by atoms with Gasteiger partial charge in [-0.05, 0) is 36.3 Å². The summed E-state index contributed by atoms with van der Waals surface area (Å²) in [6.07, 6.45) is -2.03. The van der Waals surface area contributed by atoms with Crippen molar-refractivity contribution >= 4 is 23.6 Å². The van der Waals surface area contributed by atoms with Crippen LogP contribution in [-0.2, 0) is 11.2 Å². The molecule has 0 saturated heterocycles. The number of rotatable bonds is 10. The van der Waals surface area contributed by atoms with Crippen molar-refractivity contribution in [2.24, 2.45) is 0 Å². The lowest BCUT2D eigenvalue weighted by Gasteiger charge is -2.10. The van der Waals surface area contributed by atoms with E-state index in [1.54, 1.807) is 11.8 Å². The molecule has 1 heterocycles. The van der Waals surface area contributed by atoms with Crippen molar-refractivity contribution in [3.8, 4) is 5.69 Å². The molecule has 30 heavy (non-hydrogen) atoms. The summed E-state index contributed by atoms with van der Waals surface area (Å²) in [7, 11) is 1.53. The van der Waals surface area contributed by atoms with Crippen LogP contribution >= 0.6 is 11.8 Å². The number of carbonyl (C=O) groups excluding carboxylic acids is 2. The van der Waals surface area contributed by atoms with E-state index in [0.717, 1.165) is 5.75 Å². The van der Waals surface area contributed by atoms with E-state index in [1.165, 1.54) is 36.1 Å². The second-order valence-electron chi connectivity index (χ2n) is 6.13. The minimum Gasteiger partial charge on any atom is -0.383 e. The Bertz CT molecular complexity index is 856. The van der Waals surface area contributed by atoms with Crippen molar-refractivity contribution in [3.05, 3.63) is 41.2 Å². The average molecular weight is 445 g/mol. The molecule has 0 unspecified atom stereocenters. The molecule has 0 aliphatic heterocycles.